The molecule has 2 aromatic carbocycles. The fraction of sp³-hybridized carbons (Fsp3) is 0.0588. The summed E-state index contributed by atoms with van der Waals surface area (Å²) < 4.78 is 2.04. The topological polar surface area (TPSA) is 43.8 Å². The Morgan fingerprint density at radius 3 is 2.64 bits per heavy atom. The molecule has 0 saturated heterocycles. The van der Waals surface area contributed by atoms with Crippen LogP contribution in [0.4, 0.5) is 0 Å². The monoisotopic (exact) mass is 327 g/mol. The fourth-order valence-corrected chi connectivity index (χ4v) is 2.83. The van der Waals surface area contributed by atoms with E-state index in [1.807, 2.05) is 59.3 Å². The number of hydrogen-bond acceptors (Lipinski definition) is 2. The summed E-state index contributed by atoms with van der Waals surface area (Å²) in [6.45, 7) is 0.633. The summed E-state index contributed by atoms with van der Waals surface area (Å²) in [6.07, 6.45) is 3.69. The molecule has 0 fully saturated rings. The molecular formula is C17H14ClN3S. The Hall–Kier alpha value is -2.17. The number of hydrogen-bond donors (Lipinski definition) is 1. The molecule has 0 aliphatic carbocycles. The summed E-state index contributed by atoms with van der Waals surface area (Å²) in [7, 11) is 0. The molecule has 0 unspecified atom stereocenters. The van der Waals surface area contributed by atoms with Crippen molar-refractivity contribution in [3.8, 4) is 11.4 Å². The largest absolute Gasteiger partial charge is 0.389 e. The van der Waals surface area contributed by atoms with Gasteiger partial charge in [-0.1, -0.05) is 60.2 Å². The third kappa shape index (κ3) is 2.89. The van der Waals surface area contributed by atoms with Gasteiger partial charge in [0.25, 0.3) is 0 Å². The second kappa shape index (κ2) is 6.30. The van der Waals surface area contributed by atoms with E-state index in [9.17, 15) is 0 Å². The van der Waals surface area contributed by atoms with E-state index in [-0.39, 0.29) is 0 Å². The van der Waals surface area contributed by atoms with Gasteiger partial charge in [0.2, 0.25) is 0 Å². The first-order chi connectivity index (χ1) is 10.7. The highest BCUT2D eigenvalue weighted by Crippen LogP contribution is 2.26. The van der Waals surface area contributed by atoms with Crippen molar-refractivity contribution in [2.75, 3.05) is 0 Å². The smallest absolute Gasteiger partial charge is 0.141 e. The molecule has 1 aromatic heterocycles. The highest BCUT2D eigenvalue weighted by atomic mass is 35.5. The summed E-state index contributed by atoms with van der Waals surface area (Å²) in [4.78, 5) is 4.83. The summed E-state index contributed by atoms with van der Waals surface area (Å²) >= 11 is 11.4. The van der Waals surface area contributed by atoms with Gasteiger partial charge in [0.1, 0.15) is 10.8 Å². The number of aromatic nitrogens is 2. The number of thiocarbonyl (C=S) groups is 1. The lowest BCUT2D eigenvalue weighted by Gasteiger charge is -2.12. The Kier molecular flexibility index (Phi) is 4.22. The van der Waals surface area contributed by atoms with Crippen LogP contribution >= 0.6 is 23.8 Å². The predicted octanol–water partition coefficient (Wildman–Crippen LogP) is 3.89. The summed E-state index contributed by atoms with van der Waals surface area (Å²) in [5.74, 6) is 0.823. The van der Waals surface area contributed by atoms with Crippen LogP contribution in [0.25, 0.3) is 11.4 Å². The van der Waals surface area contributed by atoms with Crippen molar-refractivity contribution in [2.24, 2.45) is 5.73 Å². The zero-order valence-corrected chi connectivity index (χ0v) is 13.3. The van der Waals surface area contributed by atoms with Gasteiger partial charge in [0.05, 0.1) is 5.02 Å². The SMILES string of the molecule is NC(=S)c1ccccc1Cn1ccnc1-c1ccccc1Cl. The van der Waals surface area contributed by atoms with E-state index in [1.54, 1.807) is 6.20 Å². The van der Waals surface area contributed by atoms with Gasteiger partial charge in [0.15, 0.2) is 0 Å². The Balaban J connectivity index is 2.01. The van der Waals surface area contributed by atoms with Crippen LogP contribution in [0.15, 0.2) is 60.9 Å². The van der Waals surface area contributed by atoms with Crippen molar-refractivity contribution in [1.82, 2.24) is 9.55 Å². The predicted molar refractivity (Wildman–Crippen MR) is 94.1 cm³/mol. The third-order valence-electron chi connectivity index (χ3n) is 3.45. The van der Waals surface area contributed by atoms with Crippen LogP contribution in [0.5, 0.6) is 0 Å². The van der Waals surface area contributed by atoms with Crippen LogP contribution in [0.2, 0.25) is 5.02 Å². The molecule has 0 amide bonds. The molecule has 2 N–H and O–H groups in total. The zero-order chi connectivity index (χ0) is 15.5. The first-order valence-electron chi connectivity index (χ1n) is 6.80. The van der Waals surface area contributed by atoms with Crippen molar-refractivity contribution < 1.29 is 0 Å². The van der Waals surface area contributed by atoms with Crippen LogP contribution < -0.4 is 5.73 Å². The van der Waals surface area contributed by atoms with Crippen molar-refractivity contribution in [3.05, 3.63) is 77.1 Å². The third-order valence-corrected chi connectivity index (χ3v) is 4.00. The Bertz CT molecular complexity index is 826. The average molecular weight is 328 g/mol. The van der Waals surface area contributed by atoms with Crippen LogP contribution in [0.1, 0.15) is 11.1 Å². The van der Waals surface area contributed by atoms with Gasteiger partial charge in [-0.05, 0) is 17.7 Å². The molecule has 3 aromatic rings. The van der Waals surface area contributed by atoms with Gasteiger partial charge in [-0.25, -0.2) is 4.98 Å². The molecule has 0 bridgehead atoms. The quantitative estimate of drug-likeness (QED) is 0.739. The van der Waals surface area contributed by atoms with Gasteiger partial charge in [-0.2, -0.15) is 0 Å². The molecular weight excluding hydrogens is 314 g/mol. The first kappa shape index (κ1) is 14.8. The van der Waals surface area contributed by atoms with E-state index in [0.29, 0.717) is 16.6 Å². The molecule has 0 radical (unpaired) electrons. The molecule has 1 heterocycles. The number of nitrogens with two attached hydrogens (primary N) is 1. The van der Waals surface area contributed by atoms with E-state index >= 15 is 0 Å². The highest BCUT2D eigenvalue weighted by Gasteiger charge is 2.11. The molecule has 110 valence electrons. The molecule has 0 aliphatic heterocycles. The van der Waals surface area contributed by atoms with Gasteiger partial charge < -0.3 is 10.3 Å². The molecule has 22 heavy (non-hydrogen) atoms. The fourth-order valence-electron chi connectivity index (χ4n) is 2.41. The maximum absolute atomic E-state index is 6.28. The minimum Gasteiger partial charge on any atom is -0.389 e. The van der Waals surface area contributed by atoms with Crippen molar-refractivity contribution in [1.29, 1.82) is 0 Å². The Morgan fingerprint density at radius 2 is 1.86 bits per heavy atom. The van der Waals surface area contributed by atoms with E-state index in [1.165, 1.54) is 0 Å². The minimum absolute atomic E-state index is 0.398. The second-order valence-corrected chi connectivity index (χ2v) is 5.73. The first-order valence-corrected chi connectivity index (χ1v) is 7.59. The molecule has 3 rings (SSSR count). The van der Waals surface area contributed by atoms with E-state index in [4.69, 9.17) is 29.6 Å². The van der Waals surface area contributed by atoms with Crippen LogP contribution in [0.3, 0.4) is 0 Å². The molecule has 0 aliphatic rings. The summed E-state index contributed by atoms with van der Waals surface area (Å²) in [5, 5.41) is 0.678. The maximum Gasteiger partial charge on any atom is 0.141 e. The normalized spacial score (nSPS) is 10.6. The number of rotatable bonds is 4. The number of halogens is 1. The molecule has 0 spiro atoms. The Morgan fingerprint density at radius 1 is 1.14 bits per heavy atom. The summed E-state index contributed by atoms with van der Waals surface area (Å²) in [5.41, 5.74) is 8.65. The van der Waals surface area contributed by atoms with Gasteiger partial charge >= 0.3 is 0 Å². The van der Waals surface area contributed by atoms with E-state index in [2.05, 4.69) is 4.98 Å². The van der Waals surface area contributed by atoms with Crippen LogP contribution in [-0.2, 0) is 6.54 Å². The number of imidazole rings is 1. The highest BCUT2D eigenvalue weighted by molar-refractivity contribution is 7.80. The van der Waals surface area contributed by atoms with Crippen molar-refractivity contribution in [2.45, 2.75) is 6.54 Å². The number of nitrogens with zero attached hydrogens (tertiary/aromatic N) is 2. The van der Waals surface area contributed by atoms with Gasteiger partial charge in [0, 0.05) is 30.1 Å². The maximum atomic E-state index is 6.28. The molecule has 5 heteroatoms. The lowest BCUT2D eigenvalue weighted by atomic mass is 10.1. The zero-order valence-electron chi connectivity index (χ0n) is 11.7. The van der Waals surface area contributed by atoms with Crippen molar-refractivity contribution >= 4 is 28.8 Å². The second-order valence-electron chi connectivity index (χ2n) is 4.88. The average Bonchev–Trinajstić information content (AvgIpc) is 2.96. The standard InChI is InChI=1S/C17H14ClN3S/c18-15-8-4-3-7-14(15)17-20-9-10-21(17)11-12-5-1-2-6-13(12)16(19)22/h1-10H,11H2,(H2,19,22). The lowest BCUT2D eigenvalue weighted by molar-refractivity contribution is 0.806. The molecule has 0 saturated carbocycles. The lowest BCUT2D eigenvalue weighted by Crippen LogP contribution is -2.14. The number of benzene rings is 2. The Labute approximate surface area is 139 Å². The van der Waals surface area contributed by atoms with E-state index < -0.39 is 0 Å². The van der Waals surface area contributed by atoms with Gasteiger partial charge in [-0.15, -0.1) is 0 Å². The van der Waals surface area contributed by atoms with E-state index in [0.717, 1.165) is 22.5 Å². The van der Waals surface area contributed by atoms with Gasteiger partial charge in [-0.3, -0.25) is 0 Å². The summed E-state index contributed by atoms with van der Waals surface area (Å²) in [6, 6.07) is 15.5. The van der Waals surface area contributed by atoms with Crippen molar-refractivity contribution in [3.63, 3.8) is 0 Å². The molecule has 0 atom stereocenters. The van der Waals surface area contributed by atoms with Crippen LogP contribution in [-0.4, -0.2) is 14.5 Å². The molecule has 3 nitrogen and oxygen atoms in total. The minimum atomic E-state index is 0.398. The van der Waals surface area contributed by atoms with Crippen LogP contribution in [0, 0.1) is 0 Å².